The molecular weight excluding hydrogens is 329 g/mol. The minimum atomic E-state index is -0.202. The van der Waals surface area contributed by atoms with E-state index in [4.69, 9.17) is 0 Å². The first-order valence-corrected chi connectivity index (χ1v) is 8.05. The molecule has 0 aliphatic heterocycles. The molecule has 0 spiro atoms. The summed E-state index contributed by atoms with van der Waals surface area (Å²) in [4.78, 5) is 0. The zero-order chi connectivity index (χ0) is 15.2. The Morgan fingerprint density at radius 3 is 2.57 bits per heavy atom. The molecule has 2 rings (SSSR count). The minimum absolute atomic E-state index is 0.202. The Bertz CT molecular complexity index is 598. The van der Waals surface area contributed by atoms with Crippen molar-refractivity contribution in [3.05, 3.63) is 69.4 Å². The molecule has 3 heteroatoms. The van der Waals surface area contributed by atoms with Crippen LogP contribution in [-0.4, -0.2) is 13.1 Å². The van der Waals surface area contributed by atoms with Gasteiger partial charge in [-0.3, -0.25) is 0 Å². The number of hydrogen-bond donors (Lipinski definition) is 1. The Labute approximate surface area is 134 Å². The van der Waals surface area contributed by atoms with Crippen molar-refractivity contribution in [2.75, 3.05) is 7.05 Å². The van der Waals surface area contributed by atoms with Gasteiger partial charge in [0.2, 0.25) is 0 Å². The molecule has 0 aliphatic rings. The summed E-state index contributed by atoms with van der Waals surface area (Å²) in [6.45, 7) is 2.15. The van der Waals surface area contributed by atoms with Crippen LogP contribution in [0, 0.1) is 12.7 Å². The third kappa shape index (κ3) is 4.65. The van der Waals surface area contributed by atoms with Gasteiger partial charge in [0, 0.05) is 10.5 Å². The van der Waals surface area contributed by atoms with Gasteiger partial charge in [0.15, 0.2) is 0 Å². The Hall–Kier alpha value is -1.19. The molecule has 112 valence electrons. The zero-order valence-electron chi connectivity index (χ0n) is 12.5. The molecule has 1 atom stereocenters. The van der Waals surface area contributed by atoms with Crippen molar-refractivity contribution in [3.8, 4) is 0 Å². The monoisotopic (exact) mass is 349 g/mol. The van der Waals surface area contributed by atoms with Crippen molar-refractivity contribution in [3.63, 3.8) is 0 Å². The van der Waals surface area contributed by atoms with E-state index in [1.807, 2.05) is 13.1 Å². The van der Waals surface area contributed by atoms with E-state index in [0.29, 0.717) is 6.04 Å². The van der Waals surface area contributed by atoms with Gasteiger partial charge in [-0.15, -0.1) is 0 Å². The quantitative estimate of drug-likeness (QED) is 0.799. The lowest BCUT2D eigenvalue weighted by Gasteiger charge is -2.18. The van der Waals surface area contributed by atoms with E-state index in [-0.39, 0.29) is 5.82 Å². The SMILES string of the molecule is CNC(CCc1ccccc1C)Cc1ccc(F)cc1Br. The highest BCUT2D eigenvalue weighted by molar-refractivity contribution is 9.10. The van der Waals surface area contributed by atoms with E-state index >= 15 is 0 Å². The Kier molecular flexibility index (Phi) is 5.95. The highest BCUT2D eigenvalue weighted by Crippen LogP contribution is 2.21. The summed E-state index contributed by atoms with van der Waals surface area (Å²) in [5.74, 6) is -0.202. The first kappa shape index (κ1) is 16.2. The second-order valence-corrected chi connectivity index (χ2v) is 6.24. The number of rotatable bonds is 6. The van der Waals surface area contributed by atoms with Crippen molar-refractivity contribution < 1.29 is 4.39 Å². The van der Waals surface area contributed by atoms with E-state index < -0.39 is 0 Å². The molecule has 0 fully saturated rings. The van der Waals surface area contributed by atoms with E-state index in [1.54, 1.807) is 0 Å². The lowest BCUT2D eigenvalue weighted by atomic mass is 9.97. The molecule has 1 nitrogen and oxygen atoms in total. The van der Waals surface area contributed by atoms with Crippen LogP contribution < -0.4 is 5.32 Å². The number of benzene rings is 2. The molecular formula is C18H21BrFN. The first-order chi connectivity index (χ1) is 10.1. The van der Waals surface area contributed by atoms with Crippen LogP contribution in [0.3, 0.4) is 0 Å². The summed E-state index contributed by atoms with van der Waals surface area (Å²) >= 11 is 3.44. The fourth-order valence-corrected chi connectivity index (χ4v) is 3.03. The normalized spacial score (nSPS) is 12.4. The van der Waals surface area contributed by atoms with Crippen LogP contribution in [-0.2, 0) is 12.8 Å². The fraction of sp³-hybridized carbons (Fsp3) is 0.333. The highest BCUT2D eigenvalue weighted by Gasteiger charge is 2.11. The van der Waals surface area contributed by atoms with Gasteiger partial charge in [0.05, 0.1) is 0 Å². The third-order valence-electron chi connectivity index (χ3n) is 3.91. The summed E-state index contributed by atoms with van der Waals surface area (Å²) in [7, 11) is 1.99. The van der Waals surface area contributed by atoms with Crippen molar-refractivity contribution in [2.24, 2.45) is 0 Å². The van der Waals surface area contributed by atoms with Crippen LogP contribution in [0.15, 0.2) is 46.9 Å². The summed E-state index contributed by atoms with van der Waals surface area (Å²) in [5.41, 5.74) is 3.88. The number of aryl methyl sites for hydroxylation is 2. The largest absolute Gasteiger partial charge is 0.317 e. The number of halogens is 2. The maximum atomic E-state index is 13.1. The Balaban J connectivity index is 1.99. The van der Waals surface area contributed by atoms with Crippen molar-refractivity contribution >= 4 is 15.9 Å². The molecule has 2 aromatic carbocycles. The van der Waals surface area contributed by atoms with Crippen molar-refractivity contribution in [1.29, 1.82) is 0 Å². The highest BCUT2D eigenvalue weighted by atomic mass is 79.9. The molecule has 1 unspecified atom stereocenters. The summed E-state index contributed by atoms with van der Waals surface area (Å²) in [6, 6.07) is 13.8. The topological polar surface area (TPSA) is 12.0 Å². The van der Waals surface area contributed by atoms with Crippen LogP contribution in [0.2, 0.25) is 0 Å². The van der Waals surface area contributed by atoms with Crippen molar-refractivity contribution in [2.45, 2.75) is 32.2 Å². The first-order valence-electron chi connectivity index (χ1n) is 7.26. The molecule has 2 aromatic rings. The number of likely N-dealkylation sites (N-methyl/N-ethyl adjacent to an activating group) is 1. The summed E-state index contributed by atoms with van der Waals surface area (Å²) in [6.07, 6.45) is 3.01. The second-order valence-electron chi connectivity index (χ2n) is 5.39. The zero-order valence-corrected chi connectivity index (χ0v) is 14.1. The molecule has 0 bridgehead atoms. The molecule has 0 radical (unpaired) electrons. The van der Waals surface area contributed by atoms with E-state index in [2.05, 4.69) is 52.4 Å². The lowest BCUT2D eigenvalue weighted by Crippen LogP contribution is -2.28. The van der Waals surface area contributed by atoms with Crippen LogP contribution in [0.5, 0.6) is 0 Å². The maximum Gasteiger partial charge on any atom is 0.124 e. The second kappa shape index (κ2) is 7.71. The average molecular weight is 350 g/mol. The van der Waals surface area contributed by atoms with E-state index in [0.717, 1.165) is 29.3 Å². The molecule has 0 saturated heterocycles. The van der Waals surface area contributed by atoms with Gasteiger partial charge in [-0.25, -0.2) is 4.39 Å². The van der Waals surface area contributed by atoms with Crippen molar-refractivity contribution in [1.82, 2.24) is 5.32 Å². The fourth-order valence-electron chi connectivity index (χ4n) is 2.52. The summed E-state index contributed by atoms with van der Waals surface area (Å²) < 4.78 is 14.0. The standard InChI is InChI=1S/C18H21BrFN/c1-13-5-3-4-6-14(13)8-10-17(21-2)11-15-7-9-16(20)12-18(15)19/h3-7,9,12,17,21H,8,10-11H2,1-2H3. The van der Waals surface area contributed by atoms with Gasteiger partial charge >= 0.3 is 0 Å². The van der Waals surface area contributed by atoms with Gasteiger partial charge in [-0.1, -0.05) is 46.3 Å². The molecule has 0 aliphatic carbocycles. The lowest BCUT2D eigenvalue weighted by molar-refractivity contribution is 0.518. The smallest absolute Gasteiger partial charge is 0.124 e. The third-order valence-corrected chi connectivity index (χ3v) is 4.65. The molecule has 0 heterocycles. The summed E-state index contributed by atoms with van der Waals surface area (Å²) in [5, 5.41) is 3.37. The number of hydrogen-bond acceptors (Lipinski definition) is 1. The van der Waals surface area contributed by atoms with Crippen LogP contribution in [0.4, 0.5) is 4.39 Å². The molecule has 1 N–H and O–H groups in total. The molecule has 0 saturated carbocycles. The van der Waals surface area contributed by atoms with E-state index in [1.165, 1.54) is 23.3 Å². The number of nitrogens with one attached hydrogen (secondary N) is 1. The van der Waals surface area contributed by atoms with Crippen LogP contribution in [0.1, 0.15) is 23.1 Å². The Morgan fingerprint density at radius 2 is 1.90 bits per heavy atom. The van der Waals surface area contributed by atoms with Gasteiger partial charge in [0.1, 0.15) is 5.82 Å². The molecule has 21 heavy (non-hydrogen) atoms. The van der Waals surface area contributed by atoms with E-state index in [9.17, 15) is 4.39 Å². The van der Waals surface area contributed by atoms with Crippen LogP contribution in [0.25, 0.3) is 0 Å². The minimum Gasteiger partial charge on any atom is -0.317 e. The Morgan fingerprint density at radius 1 is 1.14 bits per heavy atom. The van der Waals surface area contributed by atoms with Gasteiger partial charge < -0.3 is 5.32 Å². The van der Waals surface area contributed by atoms with Gasteiger partial charge in [0.25, 0.3) is 0 Å². The van der Waals surface area contributed by atoms with Gasteiger partial charge in [-0.05, 0) is 62.1 Å². The van der Waals surface area contributed by atoms with Gasteiger partial charge in [-0.2, -0.15) is 0 Å². The maximum absolute atomic E-state index is 13.1. The predicted molar refractivity (Wildman–Crippen MR) is 90.2 cm³/mol. The molecule has 0 amide bonds. The molecule has 0 aromatic heterocycles. The predicted octanol–water partition coefficient (Wildman–Crippen LogP) is 4.66. The average Bonchev–Trinajstić information content (AvgIpc) is 2.47. The van der Waals surface area contributed by atoms with Crippen LogP contribution >= 0.6 is 15.9 Å².